The lowest BCUT2D eigenvalue weighted by Crippen LogP contribution is -2.44. The van der Waals surface area contributed by atoms with Crippen molar-refractivity contribution >= 4 is 40.9 Å². The van der Waals surface area contributed by atoms with Crippen molar-refractivity contribution in [3.63, 3.8) is 0 Å². The van der Waals surface area contributed by atoms with Crippen LogP contribution in [0.5, 0.6) is 0 Å². The van der Waals surface area contributed by atoms with E-state index in [4.69, 9.17) is 23.2 Å². The van der Waals surface area contributed by atoms with E-state index in [0.29, 0.717) is 22.2 Å². The van der Waals surface area contributed by atoms with Gasteiger partial charge in [0.05, 0.1) is 17.2 Å². The molecule has 0 saturated heterocycles. The molecule has 5 nitrogen and oxygen atoms in total. The molecule has 21 heavy (non-hydrogen) atoms. The number of benzene rings is 1. The third-order valence-corrected chi connectivity index (χ3v) is 3.41. The molecule has 116 valence electrons. The number of hydrogen-bond donors (Lipinski definition) is 2. The van der Waals surface area contributed by atoms with Crippen LogP contribution in [-0.2, 0) is 9.53 Å². The lowest BCUT2D eigenvalue weighted by Gasteiger charge is -2.18. The number of anilines is 1. The molecular formula is C14H18Cl2N2O3. The molecule has 0 unspecified atom stereocenters. The molecule has 7 heteroatoms. The quantitative estimate of drug-likeness (QED) is 0.808. The standard InChI is InChI=1S/C14H18Cl2N2O3/c1-8(2)6-12(13(19)21-3)18-14(20)17-9-4-5-10(15)11(16)7-9/h4-5,7-8,12H,6H2,1-3H3,(H2,17,18,20)/t12-/m0/s1. The number of urea groups is 1. The van der Waals surface area contributed by atoms with Crippen molar-refractivity contribution in [2.75, 3.05) is 12.4 Å². The van der Waals surface area contributed by atoms with Gasteiger partial charge in [-0.3, -0.25) is 0 Å². The molecule has 0 heterocycles. The number of carbonyl (C=O) groups is 2. The molecule has 1 aromatic carbocycles. The van der Waals surface area contributed by atoms with Crippen LogP contribution in [0, 0.1) is 5.92 Å². The summed E-state index contributed by atoms with van der Waals surface area (Å²) in [5.74, 6) is -0.243. The molecule has 0 bridgehead atoms. The van der Waals surface area contributed by atoms with Crippen LogP contribution in [-0.4, -0.2) is 25.2 Å². The first-order valence-electron chi connectivity index (χ1n) is 6.44. The van der Waals surface area contributed by atoms with Crippen LogP contribution in [0.2, 0.25) is 10.0 Å². The Balaban J connectivity index is 2.68. The second kappa shape index (κ2) is 8.10. The fourth-order valence-corrected chi connectivity index (χ4v) is 2.03. The summed E-state index contributed by atoms with van der Waals surface area (Å²) in [6.45, 7) is 3.91. The van der Waals surface area contributed by atoms with Crippen molar-refractivity contribution in [1.29, 1.82) is 0 Å². The maximum Gasteiger partial charge on any atom is 0.328 e. The van der Waals surface area contributed by atoms with Gasteiger partial charge in [-0.25, -0.2) is 9.59 Å². The van der Waals surface area contributed by atoms with Gasteiger partial charge < -0.3 is 15.4 Å². The van der Waals surface area contributed by atoms with E-state index in [2.05, 4.69) is 15.4 Å². The number of nitrogens with one attached hydrogen (secondary N) is 2. The third-order valence-electron chi connectivity index (χ3n) is 2.68. The van der Waals surface area contributed by atoms with E-state index in [0.717, 1.165) is 0 Å². The van der Waals surface area contributed by atoms with E-state index >= 15 is 0 Å². The van der Waals surface area contributed by atoms with E-state index in [1.165, 1.54) is 13.2 Å². The zero-order valence-electron chi connectivity index (χ0n) is 12.1. The highest BCUT2D eigenvalue weighted by atomic mass is 35.5. The second-order valence-corrected chi connectivity index (χ2v) is 5.75. The van der Waals surface area contributed by atoms with Gasteiger partial charge in [-0.15, -0.1) is 0 Å². The predicted molar refractivity (Wildman–Crippen MR) is 83.9 cm³/mol. The SMILES string of the molecule is COC(=O)[C@H](CC(C)C)NC(=O)Nc1ccc(Cl)c(Cl)c1. The maximum atomic E-state index is 11.9. The molecule has 0 aliphatic heterocycles. The number of hydrogen-bond acceptors (Lipinski definition) is 3. The van der Waals surface area contributed by atoms with Crippen LogP contribution in [0.3, 0.4) is 0 Å². The largest absolute Gasteiger partial charge is 0.467 e. The summed E-state index contributed by atoms with van der Waals surface area (Å²) in [6, 6.07) is 3.51. The zero-order chi connectivity index (χ0) is 16.0. The molecule has 2 amide bonds. The van der Waals surface area contributed by atoms with E-state index < -0.39 is 18.0 Å². The Bertz CT molecular complexity index is 521. The molecule has 2 N–H and O–H groups in total. The number of methoxy groups -OCH3 is 1. The average molecular weight is 333 g/mol. The van der Waals surface area contributed by atoms with E-state index in [-0.39, 0.29) is 5.92 Å². The first kappa shape index (κ1) is 17.6. The van der Waals surface area contributed by atoms with E-state index in [1.807, 2.05) is 13.8 Å². The molecule has 0 aliphatic carbocycles. The Morgan fingerprint density at radius 2 is 1.90 bits per heavy atom. The van der Waals surface area contributed by atoms with E-state index in [9.17, 15) is 9.59 Å². The van der Waals surface area contributed by atoms with Gasteiger partial charge >= 0.3 is 12.0 Å². The maximum absolute atomic E-state index is 11.9. The molecule has 1 aromatic rings. The highest BCUT2D eigenvalue weighted by molar-refractivity contribution is 6.42. The molecule has 1 atom stereocenters. The van der Waals surface area contributed by atoms with Gasteiger partial charge in [-0.05, 0) is 30.5 Å². The lowest BCUT2D eigenvalue weighted by atomic mass is 10.0. The molecule has 0 spiro atoms. The lowest BCUT2D eigenvalue weighted by molar-refractivity contribution is -0.143. The molecule has 0 fully saturated rings. The monoisotopic (exact) mass is 332 g/mol. The Hall–Kier alpha value is -1.46. The number of carbonyl (C=O) groups excluding carboxylic acids is 2. The van der Waals surface area contributed by atoms with E-state index in [1.54, 1.807) is 12.1 Å². The normalized spacial score (nSPS) is 11.9. The number of amides is 2. The summed E-state index contributed by atoms with van der Waals surface area (Å²) in [5.41, 5.74) is 0.482. The second-order valence-electron chi connectivity index (χ2n) is 4.93. The van der Waals surface area contributed by atoms with Crippen molar-refractivity contribution in [2.45, 2.75) is 26.3 Å². The minimum Gasteiger partial charge on any atom is -0.467 e. The first-order chi connectivity index (χ1) is 9.83. The Morgan fingerprint density at radius 1 is 1.24 bits per heavy atom. The molecule has 1 rings (SSSR count). The van der Waals surface area contributed by atoms with Crippen molar-refractivity contribution in [3.8, 4) is 0 Å². The van der Waals surface area contributed by atoms with Crippen molar-refractivity contribution in [1.82, 2.24) is 5.32 Å². The minimum absolute atomic E-state index is 0.236. The van der Waals surface area contributed by atoms with Crippen LogP contribution in [0.15, 0.2) is 18.2 Å². The number of halogens is 2. The summed E-state index contributed by atoms with van der Waals surface area (Å²) < 4.78 is 4.68. The fraction of sp³-hybridized carbons (Fsp3) is 0.429. The Morgan fingerprint density at radius 3 is 2.43 bits per heavy atom. The number of esters is 1. The average Bonchev–Trinajstić information content (AvgIpc) is 2.40. The van der Waals surface area contributed by atoms with Gasteiger partial charge in [0.1, 0.15) is 6.04 Å². The Labute approximate surface area is 133 Å². The van der Waals surface area contributed by atoms with Crippen LogP contribution in [0.25, 0.3) is 0 Å². The molecule has 0 aromatic heterocycles. The minimum atomic E-state index is -0.697. The number of ether oxygens (including phenoxy) is 1. The Kier molecular flexibility index (Phi) is 6.78. The zero-order valence-corrected chi connectivity index (χ0v) is 13.6. The van der Waals surface area contributed by atoms with Crippen LogP contribution in [0.4, 0.5) is 10.5 Å². The summed E-state index contributed by atoms with van der Waals surface area (Å²) in [5, 5.41) is 5.91. The topological polar surface area (TPSA) is 67.4 Å². The summed E-state index contributed by atoms with van der Waals surface area (Å²) in [7, 11) is 1.29. The van der Waals surface area contributed by atoms with Gasteiger partial charge in [0.25, 0.3) is 0 Å². The van der Waals surface area contributed by atoms with Gasteiger partial charge in [-0.2, -0.15) is 0 Å². The van der Waals surface area contributed by atoms with Crippen molar-refractivity contribution in [3.05, 3.63) is 28.2 Å². The summed E-state index contributed by atoms with van der Waals surface area (Å²) in [6.07, 6.45) is 0.488. The smallest absolute Gasteiger partial charge is 0.328 e. The van der Waals surface area contributed by atoms with Gasteiger partial charge in [-0.1, -0.05) is 37.0 Å². The molecule has 0 radical (unpaired) electrons. The predicted octanol–water partition coefficient (Wildman–Crippen LogP) is 3.70. The van der Waals surface area contributed by atoms with Gasteiger partial charge in [0.15, 0.2) is 0 Å². The molecular weight excluding hydrogens is 315 g/mol. The third kappa shape index (κ3) is 5.81. The highest BCUT2D eigenvalue weighted by Crippen LogP contribution is 2.24. The van der Waals surface area contributed by atoms with Crippen LogP contribution < -0.4 is 10.6 Å². The van der Waals surface area contributed by atoms with Crippen molar-refractivity contribution < 1.29 is 14.3 Å². The fourth-order valence-electron chi connectivity index (χ4n) is 1.73. The van der Waals surface area contributed by atoms with Crippen molar-refractivity contribution in [2.24, 2.45) is 5.92 Å². The first-order valence-corrected chi connectivity index (χ1v) is 7.19. The number of rotatable bonds is 5. The molecule has 0 aliphatic rings. The molecule has 0 saturated carbocycles. The van der Waals surface area contributed by atoms with Crippen LogP contribution >= 0.6 is 23.2 Å². The van der Waals surface area contributed by atoms with Crippen LogP contribution in [0.1, 0.15) is 20.3 Å². The van der Waals surface area contributed by atoms with Gasteiger partial charge in [0.2, 0.25) is 0 Å². The summed E-state index contributed by atoms with van der Waals surface area (Å²) in [4.78, 5) is 23.5. The highest BCUT2D eigenvalue weighted by Gasteiger charge is 2.22. The summed E-state index contributed by atoms with van der Waals surface area (Å²) >= 11 is 11.7. The van der Waals surface area contributed by atoms with Gasteiger partial charge in [0, 0.05) is 5.69 Å².